The molecule has 0 N–H and O–H groups in total. The molecule has 3 atom stereocenters. The SMILES string of the molecule is CN1CC[C@H](N(C)C[C@@H]2C[C@H](F)CN2Cc2ncccn2)C1=O. The van der Waals surface area contributed by atoms with Gasteiger partial charge < -0.3 is 4.90 Å². The number of amides is 1. The summed E-state index contributed by atoms with van der Waals surface area (Å²) in [6.07, 6.45) is 3.95. The second kappa shape index (κ2) is 6.88. The van der Waals surface area contributed by atoms with Gasteiger partial charge in [0.05, 0.1) is 12.6 Å². The summed E-state index contributed by atoms with van der Waals surface area (Å²) in [5, 5.41) is 0. The number of aromatic nitrogens is 2. The van der Waals surface area contributed by atoms with Gasteiger partial charge in [0.2, 0.25) is 5.91 Å². The third-order valence-corrected chi connectivity index (χ3v) is 4.87. The smallest absolute Gasteiger partial charge is 0.239 e. The Morgan fingerprint density at radius 3 is 2.78 bits per heavy atom. The molecule has 0 spiro atoms. The quantitative estimate of drug-likeness (QED) is 0.793. The van der Waals surface area contributed by atoms with Crippen molar-refractivity contribution in [1.82, 2.24) is 24.7 Å². The van der Waals surface area contributed by atoms with Crippen LogP contribution in [-0.2, 0) is 11.3 Å². The van der Waals surface area contributed by atoms with Gasteiger partial charge in [0, 0.05) is 45.1 Å². The van der Waals surface area contributed by atoms with Crippen molar-refractivity contribution in [3.8, 4) is 0 Å². The fourth-order valence-electron chi connectivity index (χ4n) is 3.57. The van der Waals surface area contributed by atoms with Crippen molar-refractivity contribution in [2.45, 2.75) is 37.6 Å². The molecule has 126 valence electrons. The zero-order chi connectivity index (χ0) is 16.4. The Hall–Kier alpha value is -1.60. The molecule has 2 saturated heterocycles. The molecule has 3 rings (SSSR count). The van der Waals surface area contributed by atoms with Gasteiger partial charge in [-0.1, -0.05) is 0 Å². The highest BCUT2D eigenvalue weighted by Crippen LogP contribution is 2.24. The van der Waals surface area contributed by atoms with Gasteiger partial charge in [-0.3, -0.25) is 14.6 Å². The Kier molecular flexibility index (Phi) is 4.87. The van der Waals surface area contributed by atoms with Gasteiger partial charge in [0.15, 0.2) is 0 Å². The summed E-state index contributed by atoms with van der Waals surface area (Å²) in [5.74, 6) is 0.881. The van der Waals surface area contributed by atoms with Crippen molar-refractivity contribution < 1.29 is 9.18 Å². The maximum absolute atomic E-state index is 13.9. The summed E-state index contributed by atoms with van der Waals surface area (Å²) in [7, 11) is 3.80. The monoisotopic (exact) mass is 321 g/mol. The van der Waals surface area contributed by atoms with Crippen molar-refractivity contribution in [3.63, 3.8) is 0 Å². The van der Waals surface area contributed by atoms with Crippen molar-refractivity contribution in [2.24, 2.45) is 0 Å². The molecule has 1 aromatic rings. The van der Waals surface area contributed by atoms with E-state index >= 15 is 0 Å². The van der Waals surface area contributed by atoms with Crippen LogP contribution in [0, 0.1) is 0 Å². The van der Waals surface area contributed by atoms with Crippen molar-refractivity contribution in [1.29, 1.82) is 0 Å². The molecular formula is C16H24FN5O. The van der Waals surface area contributed by atoms with Gasteiger partial charge in [-0.05, 0) is 26.0 Å². The van der Waals surface area contributed by atoms with Crippen LogP contribution in [0.1, 0.15) is 18.7 Å². The van der Waals surface area contributed by atoms with E-state index in [9.17, 15) is 9.18 Å². The van der Waals surface area contributed by atoms with E-state index < -0.39 is 6.17 Å². The third kappa shape index (κ3) is 3.67. The first-order valence-corrected chi connectivity index (χ1v) is 8.14. The van der Waals surface area contributed by atoms with Crippen molar-refractivity contribution in [3.05, 3.63) is 24.3 Å². The van der Waals surface area contributed by atoms with Crippen LogP contribution < -0.4 is 0 Å². The first kappa shape index (κ1) is 16.3. The first-order valence-electron chi connectivity index (χ1n) is 8.14. The molecule has 2 aliphatic heterocycles. The molecule has 1 aromatic heterocycles. The minimum Gasteiger partial charge on any atom is -0.344 e. The average molecular weight is 321 g/mol. The largest absolute Gasteiger partial charge is 0.344 e. The standard InChI is InChI=1S/C16H24FN5O/c1-20-7-4-14(16(20)23)21(2)10-13-8-12(17)9-22(13)11-15-18-5-3-6-19-15/h3,5-6,12-14H,4,7-11H2,1-2H3/t12-,13-,14-/m0/s1. The lowest BCUT2D eigenvalue weighted by Crippen LogP contribution is -2.45. The maximum atomic E-state index is 13.9. The van der Waals surface area contributed by atoms with Gasteiger partial charge in [0.25, 0.3) is 0 Å². The minimum absolute atomic E-state index is 0.0755. The van der Waals surface area contributed by atoms with Gasteiger partial charge in [-0.2, -0.15) is 0 Å². The molecular weight excluding hydrogens is 297 g/mol. The van der Waals surface area contributed by atoms with E-state index in [0.717, 1.165) is 13.0 Å². The number of alkyl halides is 1. The number of nitrogens with zero attached hydrogens (tertiary/aromatic N) is 5. The minimum atomic E-state index is -0.820. The van der Waals surface area contributed by atoms with Crippen LogP contribution in [0.5, 0.6) is 0 Å². The van der Waals surface area contributed by atoms with E-state index in [1.807, 2.05) is 14.1 Å². The normalized spacial score (nSPS) is 29.0. The Bertz CT molecular complexity index is 543. The van der Waals surface area contributed by atoms with Gasteiger partial charge in [-0.15, -0.1) is 0 Å². The van der Waals surface area contributed by atoms with Gasteiger partial charge >= 0.3 is 0 Å². The zero-order valence-corrected chi connectivity index (χ0v) is 13.7. The van der Waals surface area contributed by atoms with E-state index in [-0.39, 0.29) is 18.0 Å². The Morgan fingerprint density at radius 1 is 1.39 bits per heavy atom. The highest BCUT2D eigenvalue weighted by atomic mass is 19.1. The first-order chi connectivity index (χ1) is 11.0. The third-order valence-electron chi connectivity index (χ3n) is 4.87. The van der Waals surface area contributed by atoms with Crippen LogP contribution in [0.4, 0.5) is 4.39 Å². The van der Waals surface area contributed by atoms with Crippen LogP contribution >= 0.6 is 0 Å². The predicted molar refractivity (Wildman–Crippen MR) is 84.4 cm³/mol. The summed E-state index contributed by atoms with van der Waals surface area (Å²) < 4.78 is 13.9. The molecule has 0 radical (unpaired) electrons. The fraction of sp³-hybridized carbons (Fsp3) is 0.688. The molecule has 0 unspecified atom stereocenters. The van der Waals surface area contributed by atoms with Crippen LogP contribution in [0.15, 0.2) is 18.5 Å². The van der Waals surface area contributed by atoms with E-state index in [4.69, 9.17) is 0 Å². The molecule has 0 aliphatic carbocycles. The Balaban J connectivity index is 1.62. The molecule has 23 heavy (non-hydrogen) atoms. The zero-order valence-electron chi connectivity index (χ0n) is 13.7. The number of carbonyl (C=O) groups is 1. The summed E-state index contributed by atoms with van der Waals surface area (Å²) in [5.41, 5.74) is 0. The number of rotatable bonds is 5. The topological polar surface area (TPSA) is 52.6 Å². The molecule has 0 aromatic carbocycles. The molecule has 6 nitrogen and oxygen atoms in total. The molecule has 2 fully saturated rings. The fourth-order valence-corrected chi connectivity index (χ4v) is 3.57. The molecule has 7 heteroatoms. The number of halogens is 1. The Morgan fingerprint density at radius 2 is 2.13 bits per heavy atom. The molecule has 3 heterocycles. The number of hydrogen-bond acceptors (Lipinski definition) is 5. The molecule has 1 amide bonds. The number of likely N-dealkylation sites (N-methyl/N-ethyl adjacent to an activating group) is 2. The summed E-state index contributed by atoms with van der Waals surface area (Å²) >= 11 is 0. The highest BCUT2D eigenvalue weighted by Gasteiger charge is 2.37. The maximum Gasteiger partial charge on any atom is 0.239 e. The van der Waals surface area contributed by atoms with Crippen LogP contribution in [0.2, 0.25) is 0 Å². The second-order valence-corrected chi connectivity index (χ2v) is 6.59. The lowest BCUT2D eigenvalue weighted by molar-refractivity contribution is -0.130. The van der Waals surface area contributed by atoms with Crippen LogP contribution in [0.25, 0.3) is 0 Å². The lowest BCUT2D eigenvalue weighted by Gasteiger charge is -2.30. The summed E-state index contributed by atoms with van der Waals surface area (Å²) in [6, 6.07) is 1.80. The lowest BCUT2D eigenvalue weighted by atomic mass is 10.1. The molecule has 0 bridgehead atoms. The van der Waals surface area contributed by atoms with E-state index in [1.54, 1.807) is 23.4 Å². The average Bonchev–Trinajstić information content (AvgIpc) is 3.03. The van der Waals surface area contributed by atoms with E-state index in [0.29, 0.717) is 31.9 Å². The number of likely N-dealkylation sites (tertiary alicyclic amines) is 2. The van der Waals surface area contributed by atoms with Crippen molar-refractivity contribution in [2.75, 3.05) is 33.7 Å². The van der Waals surface area contributed by atoms with Crippen LogP contribution in [-0.4, -0.2) is 82.6 Å². The van der Waals surface area contributed by atoms with E-state index in [2.05, 4.69) is 19.8 Å². The predicted octanol–water partition coefficient (Wildman–Crippen LogP) is 0.551. The number of hydrogen-bond donors (Lipinski definition) is 0. The number of carbonyl (C=O) groups excluding carboxylic acids is 1. The van der Waals surface area contributed by atoms with E-state index in [1.165, 1.54) is 0 Å². The summed E-state index contributed by atoms with van der Waals surface area (Å²) in [6.45, 7) is 2.46. The molecule has 2 aliphatic rings. The van der Waals surface area contributed by atoms with Gasteiger partial charge in [-0.25, -0.2) is 14.4 Å². The van der Waals surface area contributed by atoms with Crippen molar-refractivity contribution >= 4 is 5.91 Å². The van der Waals surface area contributed by atoms with Crippen LogP contribution in [0.3, 0.4) is 0 Å². The van der Waals surface area contributed by atoms with Gasteiger partial charge in [0.1, 0.15) is 12.0 Å². The summed E-state index contributed by atoms with van der Waals surface area (Å²) in [4.78, 5) is 26.5. The molecule has 0 saturated carbocycles. The highest BCUT2D eigenvalue weighted by molar-refractivity contribution is 5.83. The Labute approximate surface area is 136 Å². The second-order valence-electron chi connectivity index (χ2n) is 6.59.